The largest absolute Gasteiger partial charge is 0.507 e. The van der Waals surface area contributed by atoms with Gasteiger partial charge in [0, 0.05) is 22.6 Å². The summed E-state index contributed by atoms with van der Waals surface area (Å²) in [5.74, 6) is 0.784. The number of piperidine rings is 1. The lowest BCUT2D eigenvalue weighted by Crippen LogP contribution is -2.27. The summed E-state index contributed by atoms with van der Waals surface area (Å²) in [5, 5.41) is 23.2. The molecule has 4 rings (SSSR count). The number of para-hydroxylation sites is 1. The summed E-state index contributed by atoms with van der Waals surface area (Å²) in [6.07, 6.45) is 2.29. The van der Waals surface area contributed by atoms with Crippen molar-refractivity contribution in [2.45, 2.75) is 25.7 Å². The number of phenols is 1. The van der Waals surface area contributed by atoms with Gasteiger partial charge in [0.1, 0.15) is 5.75 Å². The quantitative estimate of drug-likeness (QED) is 0.680. The van der Waals surface area contributed by atoms with Crippen molar-refractivity contribution in [2.24, 2.45) is 0 Å². The highest BCUT2D eigenvalue weighted by atomic mass is 16.3. The zero-order chi connectivity index (χ0) is 15.8. The highest BCUT2D eigenvalue weighted by Crippen LogP contribution is 2.33. The molecule has 0 bridgehead atoms. The van der Waals surface area contributed by atoms with Crippen molar-refractivity contribution >= 4 is 11.0 Å². The molecule has 0 atom stereocenters. The molecular formula is C18H20N4O. The minimum absolute atomic E-state index is 0.230. The molecule has 23 heavy (non-hydrogen) atoms. The molecule has 1 aliphatic rings. The number of hydrogen-bond donors (Lipinski definition) is 3. The maximum absolute atomic E-state index is 10.0. The molecule has 118 valence electrons. The summed E-state index contributed by atoms with van der Waals surface area (Å²) >= 11 is 0. The molecule has 3 heterocycles. The molecule has 5 heteroatoms. The fraction of sp³-hybridized carbons (Fsp3) is 0.333. The lowest BCUT2D eigenvalue weighted by Gasteiger charge is -2.22. The minimum Gasteiger partial charge on any atom is -0.507 e. The molecule has 2 aromatic heterocycles. The van der Waals surface area contributed by atoms with Crippen LogP contribution in [0.3, 0.4) is 0 Å². The smallest absolute Gasteiger partial charge is 0.160 e. The molecule has 0 amide bonds. The van der Waals surface area contributed by atoms with E-state index in [4.69, 9.17) is 0 Å². The third-order valence-electron chi connectivity index (χ3n) is 4.78. The number of rotatable bonds is 2. The van der Waals surface area contributed by atoms with Crippen LogP contribution >= 0.6 is 0 Å². The molecule has 1 fully saturated rings. The van der Waals surface area contributed by atoms with E-state index in [0.717, 1.165) is 37.0 Å². The lowest BCUT2D eigenvalue weighted by atomic mass is 9.92. The van der Waals surface area contributed by atoms with E-state index in [-0.39, 0.29) is 5.75 Å². The van der Waals surface area contributed by atoms with Gasteiger partial charge >= 0.3 is 0 Å². The van der Waals surface area contributed by atoms with E-state index in [9.17, 15) is 5.11 Å². The Labute approximate surface area is 134 Å². The Hall–Kier alpha value is -2.40. The Morgan fingerprint density at radius 3 is 2.70 bits per heavy atom. The van der Waals surface area contributed by atoms with Crippen LogP contribution in [0.1, 0.15) is 30.0 Å². The average molecular weight is 308 g/mol. The van der Waals surface area contributed by atoms with Crippen LogP contribution in [0.2, 0.25) is 0 Å². The number of hydrogen-bond acceptors (Lipinski definition) is 4. The van der Waals surface area contributed by atoms with Gasteiger partial charge < -0.3 is 15.4 Å². The van der Waals surface area contributed by atoms with Gasteiger partial charge in [-0.25, -0.2) is 0 Å². The number of aromatic hydroxyl groups is 1. The number of nitrogens with zero attached hydrogens (tertiary/aromatic N) is 2. The molecule has 1 saturated heterocycles. The molecule has 0 saturated carbocycles. The average Bonchev–Trinajstić information content (AvgIpc) is 2.93. The van der Waals surface area contributed by atoms with Crippen molar-refractivity contribution in [1.29, 1.82) is 0 Å². The molecule has 0 aliphatic carbocycles. The number of benzene rings is 1. The molecule has 1 aliphatic heterocycles. The Kier molecular flexibility index (Phi) is 3.50. The van der Waals surface area contributed by atoms with Crippen LogP contribution in [0.5, 0.6) is 5.75 Å². The van der Waals surface area contributed by atoms with Crippen molar-refractivity contribution in [3.63, 3.8) is 0 Å². The van der Waals surface area contributed by atoms with Crippen molar-refractivity contribution < 1.29 is 5.11 Å². The van der Waals surface area contributed by atoms with Crippen molar-refractivity contribution in [3.8, 4) is 17.0 Å². The summed E-state index contributed by atoms with van der Waals surface area (Å²) in [7, 11) is 0. The van der Waals surface area contributed by atoms with Crippen LogP contribution < -0.4 is 5.32 Å². The maximum Gasteiger partial charge on any atom is 0.160 e. The number of H-pyrrole nitrogens is 1. The first-order valence-electron chi connectivity index (χ1n) is 8.09. The van der Waals surface area contributed by atoms with E-state index in [1.54, 1.807) is 6.07 Å². The second kappa shape index (κ2) is 5.66. The summed E-state index contributed by atoms with van der Waals surface area (Å²) < 4.78 is 0. The van der Waals surface area contributed by atoms with Gasteiger partial charge in [-0.05, 0) is 56.6 Å². The Morgan fingerprint density at radius 2 is 1.91 bits per heavy atom. The molecule has 0 radical (unpaired) electrons. The van der Waals surface area contributed by atoms with Gasteiger partial charge in [-0.2, -0.15) is 0 Å². The van der Waals surface area contributed by atoms with Crippen LogP contribution in [0, 0.1) is 6.92 Å². The predicted molar refractivity (Wildman–Crippen MR) is 90.6 cm³/mol. The monoisotopic (exact) mass is 308 g/mol. The molecule has 0 spiro atoms. The first-order valence-corrected chi connectivity index (χ1v) is 8.09. The van der Waals surface area contributed by atoms with Gasteiger partial charge in [0.2, 0.25) is 0 Å². The number of phenolic OH excluding ortho intramolecular Hbond substituents is 1. The highest BCUT2D eigenvalue weighted by molar-refractivity contribution is 5.85. The molecule has 5 nitrogen and oxygen atoms in total. The summed E-state index contributed by atoms with van der Waals surface area (Å²) in [6, 6.07) is 9.26. The number of aromatic amines is 1. The minimum atomic E-state index is 0.230. The Morgan fingerprint density at radius 1 is 1.13 bits per heavy atom. The SMILES string of the molecule is Cc1c(C2CCNCC2)[nH]c2nnc(-c3ccccc3O)cc12. The van der Waals surface area contributed by atoms with Gasteiger partial charge in [0.15, 0.2) is 5.65 Å². The van der Waals surface area contributed by atoms with E-state index < -0.39 is 0 Å². The van der Waals surface area contributed by atoms with Gasteiger partial charge in [-0.1, -0.05) is 12.1 Å². The van der Waals surface area contributed by atoms with Gasteiger partial charge in [-0.3, -0.25) is 0 Å². The number of aryl methyl sites for hydroxylation is 1. The second-order valence-electron chi connectivity index (χ2n) is 6.20. The maximum atomic E-state index is 10.0. The Bertz CT molecular complexity index is 849. The first kappa shape index (κ1) is 14.2. The predicted octanol–water partition coefficient (Wildman–Crippen LogP) is 3.11. The second-order valence-corrected chi connectivity index (χ2v) is 6.20. The number of aromatic nitrogens is 3. The zero-order valence-corrected chi connectivity index (χ0v) is 13.1. The van der Waals surface area contributed by atoms with Crippen molar-refractivity contribution in [3.05, 3.63) is 41.6 Å². The van der Waals surface area contributed by atoms with E-state index in [2.05, 4.69) is 27.4 Å². The number of fused-ring (bicyclic) bond motifs is 1. The first-order chi connectivity index (χ1) is 11.2. The fourth-order valence-electron chi connectivity index (χ4n) is 3.48. The van der Waals surface area contributed by atoms with Gasteiger partial charge in [0.05, 0.1) is 5.69 Å². The molecule has 1 aromatic carbocycles. The summed E-state index contributed by atoms with van der Waals surface area (Å²) in [5.41, 5.74) is 4.78. The summed E-state index contributed by atoms with van der Waals surface area (Å²) in [6.45, 7) is 4.27. The third kappa shape index (κ3) is 2.47. The van der Waals surface area contributed by atoms with Crippen LogP contribution in [0.25, 0.3) is 22.3 Å². The highest BCUT2D eigenvalue weighted by Gasteiger charge is 2.21. The van der Waals surface area contributed by atoms with Crippen molar-refractivity contribution in [1.82, 2.24) is 20.5 Å². The normalized spacial score (nSPS) is 16.0. The van der Waals surface area contributed by atoms with Crippen molar-refractivity contribution in [2.75, 3.05) is 13.1 Å². The molecular weight excluding hydrogens is 288 g/mol. The van der Waals surface area contributed by atoms with E-state index in [1.807, 2.05) is 24.3 Å². The van der Waals surface area contributed by atoms with Crippen LogP contribution in [-0.2, 0) is 0 Å². The molecule has 3 aromatic rings. The molecule has 0 unspecified atom stereocenters. The van der Waals surface area contributed by atoms with Crippen LogP contribution in [0.4, 0.5) is 0 Å². The zero-order valence-electron chi connectivity index (χ0n) is 13.1. The van der Waals surface area contributed by atoms with E-state index in [1.165, 1.54) is 11.3 Å². The summed E-state index contributed by atoms with van der Waals surface area (Å²) in [4.78, 5) is 3.46. The van der Waals surface area contributed by atoms with Crippen LogP contribution in [0.15, 0.2) is 30.3 Å². The third-order valence-corrected chi connectivity index (χ3v) is 4.78. The lowest BCUT2D eigenvalue weighted by molar-refractivity contribution is 0.453. The van der Waals surface area contributed by atoms with Gasteiger partial charge in [-0.15, -0.1) is 10.2 Å². The van der Waals surface area contributed by atoms with E-state index >= 15 is 0 Å². The van der Waals surface area contributed by atoms with E-state index in [0.29, 0.717) is 17.2 Å². The topological polar surface area (TPSA) is 73.8 Å². The Balaban J connectivity index is 1.80. The van der Waals surface area contributed by atoms with Crippen LogP contribution in [-0.4, -0.2) is 33.4 Å². The van der Waals surface area contributed by atoms with Gasteiger partial charge in [0.25, 0.3) is 0 Å². The number of nitrogens with one attached hydrogen (secondary N) is 2. The fourth-order valence-corrected chi connectivity index (χ4v) is 3.48. The molecule has 3 N–H and O–H groups in total. The standard InChI is InChI=1S/C18H20N4O/c1-11-14-10-15(13-4-2-3-5-16(13)23)21-22-18(14)20-17(11)12-6-8-19-9-7-12/h2-5,10,12,19,23H,6-9H2,1H3,(H,20,22).